The summed E-state index contributed by atoms with van der Waals surface area (Å²) >= 11 is 0. The molecule has 0 aromatic rings. The van der Waals surface area contributed by atoms with Crippen LogP contribution in [-0.2, 0) is 27.9 Å². The van der Waals surface area contributed by atoms with Gasteiger partial charge in [0.2, 0.25) is 0 Å². The molecule has 0 aromatic carbocycles. The minimum atomic E-state index is -4.55. The van der Waals surface area contributed by atoms with Crippen molar-refractivity contribution in [3.8, 4) is 0 Å². The third-order valence-corrected chi connectivity index (χ3v) is 13.0. The minimum Gasteiger partial charge on any atom is -0.756 e. The van der Waals surface area contributed by atoms with Crippen molar-refractivity contribution in [3.05, 3.63) is 122 Å². The largest absolute Gasteiger partial charge is 0.756 e. The number of esters is 1. The zero-order chi connectivity index (χ0) is 53.3. The van der Waals surface area contributed by atoms with Crippen LogP contribution in [-0.4, -0.2) is 70.7 Å². The normalized spacial score (nSPS) is 14.3. The number of nitrogens with zero attached hydrogens (tertiary/aromatic N) is 1. The molecule has 418 valence electrons. The average Bonchev–Trinajstić information content (AvgIpc) is 3.35. The maximum absolute atomic E-state index is 12.8. The van der Waals surface area contributed by atoms with Gasteiger partial charge in [-0.3, -0.25) is 9.36 Å². The maximum atomic E-state index is 12.8. The van der Waals surface area contributed by atoms with Crippen molar-refractivity contribution in [1.82, 2.24) is 0 Å². The molecule has 0 spiro atoms. The van der Waals surface area contributed by atoms with Crippen LogP contribution in [0.15, 0.2) is 122 Å². The van der Waals surface area contributed by atoms with Crippen LogP contribution in [0, 0.1) is 0 Å². The number of carbonyl (C=O) groups is 1. The first-order chi connectivity index (χ1) is 35.6. The van der Waals surface area contributed by atoms with Crippen LogP contribution in [0.25, 0.3) is 0 Å². The highest BCUT2D eigenvalue weighted by Gasteiger charge is 2.20. The Morgan fingerprint density at radius 3 is 1.12 bits per heavy atom. The fourth-order valence-corrected chi connectivity index (χ4v) is 8.33. The number of hydrogen-bond acceptors (Lipinski definition) is 7. The van der Waals surface area contributed by atoms with E-state index in [4.69, 9.17) is 18.5 Å². The van der Waals surface area contributed by atoms with Crippen LogP contribution in [0.3, 0.4) is 0 Å². The molecule has 0 N–H and O–H groups in total. The number of rotatable bonds is 53. The second kappa shape index (κ2) is 55.1. The molecule has 2 unspecified atom stereocenters. The number of quaternary nitrogens is 1. The lowest BCUT2D eigenvalue weighted by atomic mass is 10.1. The van der Waals surface area contributed by atoms with E-state index in [1.54, 1.807) is 0 Å². The number of phosphoric acid groups is 1. The molecule has 0 bridgehead atoms. The molecule has 73 heavy (non-hydrogen) atoms. The highest BCUT2D eigenvalue weighted by Crippen LogP contribution is 2.38. The van der Waals surface area contributed by atoms with Gasteiger partial charge in [0.1, 0.15) is 19.3 Å². The van der Waals surface area contributed by atoms with Crippen LogP contribution in [0.2, 0.25) is 0 Å². The zero-order valence-corrected chi connectivity index (χ0v) is 48.4. The lowest BCUT2D eigenvalue weighted by molar-refractivity contribution is -0.870. The summed E-state index contributed by atoms with van der Waals surface area (Å²) in [6.07, 6.45) is 79.5. The number of unbranched alkanes of at least 4 members (excludes halogenated alkanes) is 19. The van der Waals surface area contributed by atoms with Crippen LogP contribution in [0.5, 0.6) is 0 Å². The van der Waals surface area contributed by atoms with Gasteiger partial charge >= 0.3 is 5.97 Å². The average molecular weight is 1040 g/mol. The third kappa shape index (κ3) is 59.7. The Morgan fingerprint density at radius 2 is 0.753 bits per heavy atom. The molecular formula is C64H110NO7P. The van der Waals surface area contributed by atoms with Crippen LogP contribution < -0.4 is 4.89 Å². The highest BCUT2D eigenvalue weighted by atomic mass is 31.2. The van der Waals surface area contributed by atoms with Crippen molar-refractivity contribution < 1.29 is 37.3 Å². The molecule has 0 aliphatic heterocycles. The molecule has 8 nitrogen and oxygen atoms in total. The van der Waals surface area contributed by atoms with Crippen LogP contribution >= 0.6 is 7.82 Å². The summed E-state index contributed by atoms with van der Waals surface area (Å²) in [6, 6.07) is 0. The topological polar surface area (TPSA) is 94.1 Å². The Kier molecular flexibility index (Phi) is 52.8. The molecule has 0 radical (unpaired) electrons. The molecule has 0 aliphatic carbocycles. The molecule has 0 fully saturated rings. The number of carbonyl (C=O) groups excluding carboxylic acids is 1. The first-order valence-electron chi connectivity index (χ1n) is 29.3. The number of phosphoric ester groups is 1. The monoisotopic (exact) mass is 1040 g/mol. The van der Waals surface area contributed by atoms with Gasteiger partial charge in [-0.15, -0.1) is 0 Å². The van der Waals surface area contributed by atoms with Crippen molar-refractivity contribution in [2.24, 2.45) is 0 Å². The third-order valence-electron chi connectivity index (χ3n) is 12.0. The van der Waals surface area contributed by atoms with E-state index in [0.29, 0.717) is 24.1 Å². The smallest absolute Gasteiger partial charge is 0.306 e. The van der Waals surface area contributed by atoms with Gasteiger partial charge in [-0.05, 0) is 103 Å². The van der Waals surface area contributed by atoms with Crippen LogP contribution in [0.1, 0.15) is 219 Å². The molecule has 0 aliphatic rings. The molecule has 0 aromatic heterocycles. The van der Waals surface area contributed by atoms with Crippen molar-refractivity contribution in [1.29, 1.82) is 0 Å². The Morgan fingerprint density at radius 1 is 0.425 bits per heavy atom. The summed E-state index contributed by atoms with van der Waals surface area (Å²) in [4.78, 5) is 25.3. The second-order valence-corrected chi connectivity index (χ2v) is 21.6. The summed E-state index contributed by atoms with van der Waals surface area (Å²) < 4.78 is 34.9. The van der Waals surface area contributed by atoms with Crippen molar-refractivity contribution >= 4 is 13.8 Å². The van der Waals surface area contributed by atoms with E-state index < -0.39 is 13.9 Å². The number of likely N-dealkylation sites (N-methyl/N-ethyl adjacent to an activating group) is 1. The standard InChI is InChI=1S/C64H110NO7P/c1-6-8-10-12-14-16-18-20-22-24-26-28-30-32-34-36-38-40-42-44-46-48-50-52-54-56-59-69-61-63(62-71-73(67,68)70-60-58-65(3,4)5)72-64(66)57-55-53-51-49-47-45-43-41-39-37-35-33-31-29-27-25-23-21-19-17-15-13-11-9-7-2/h8-11,14-17,20-23,26-29,32-35,63H,6-7,12-13,18-19,24-25,30-31,36-62H2,1-5H3/b10-8-,11-9-,16-14-,17-15-,22-20-,23-21-,28-26-,29-27-,34-32-,35-33-. The lowest BCUT2D eigenvalue weighted by Crippen LogP contribution is -2.37. The summed E-state index contributed by atoms with van der Waals surface area (Å²) in [5.74, 6) is -0.346. The van der Waals surface area contributed by atoms with Crippen LogP contribution in [0.4, 0.5) is 0 Å². The Balaban J connectivity index is 4.13. The summed E-state index contributed by atoms with van der Waals surface area (Å²) in [5, 5.41) is 0. The van der Waals surface area contributed by atoms with E-state index in [1.807, 2.05) is 21.1 Å². The molecule has 0 rings (SSSR count). The first-order valence-corrected chi connectivity index (χ1v) is 30.7. The summed E-state index contributed by atoms with van der Waals surface area (Å²) in [7, 11) is 1.33. The molecule has 2 atom stereocenters. The fourth-order valence-electron chi connectivity index (χ4n) is 7.60. The maximum Gasteiger partial charge on any atom is 0.306 e. The van der Waals surface area contributed by atoms with Crippen molar-refractivity contribution in [2.45, 2.75) is 225 Å². The number of hydrogen-bond donors (Lipinski definition) is 0. The van der Waals surface area contributed by atoms with Gasteiger partial charge in [0.15, 0.2) is 0 Å². The van der Waals surface area contributed by atoms with Crippen molar-refractivity contribution in [2.75, 3.05) is 54.1 Å². The van der Waals surface area contributed by atoms with Gasteiger partial charge in [0, 0.05) is 13.0 Å². The predicted molar refractivity (Wildman–Crippen MR) is 314 cm³/mol. The quantitative estimate of drug-likeness (QED) is 0.0197. The van der Waals surface area contributed by atoms with Crippen molar-refractivity contribution in [3.63, 3.8) is 0 Å². The molecule has 0 amide bonds. The van der Waals surface area contributed by atoms with E-state index in [2.05, 4.69) is 135 Å². The van der Waals surface area contributed by atoms with Gasteiger partial charge in [-0.25, -0.2) is 0 Å². The first kappa shape index (κ1) is 69.9. The SMILES string of the molecule is CC/C=C\C/C=C\C/C=C\C/C=C\C/C=C\CCCCCCCCCCCCOCC(COP(=O)([O-])OCC[N+](C)(C)C)OC(=O)CCCCCCCCCCC/C=C\C/C=C\C/C=C\C/C=C\C/C=C\CC. The number of ether oxygens (including phenoxy) is 2. The van der Waals surface area contributed by atoms with E-state index >= 15 is 0 Å². The Labute approximate surface area is 450 Å². The molecular weight excluding hydrogens is 926 g/mol. The molecule has 0 saturated carbocycles. The minimum absolute atomic E-state index is 0.0173. The van der Waals surface area contributed by atoms with Gasteiger partial charge < -0.3 is 27.9 Å². The molecule has 9 heteroatoms. The Hall–Kier alpha value is -3.10. The van der Waals surface area contributed by atoms with Gasteiger partial charge in [0.25, 0.3) is 7.82 Å². The second-order valence-electron chi connectivity index (χ2n) is 20.2. The molecule has 0 saturated heterocycles. The van der Waals surface area contributed by atoms with Gasteiger partial charge in [0.05, 0.1) is 34.4 Å². The summed E-state index contributed by atoms with van der Waals surface area (Å²) in [5.41, 5.74) is 0. The Bertz CT molecular complexity index is 1580. The van der Waals surface area contributed by atoms with E-state index in [0.717, 1.165) is 103 Å². The van der Waals surface area contributed by atoms with Gasteiger partial charge in [-0.1, -0.05) is 232 Å². The predicted octanol–water partition coefficient (Wildman–Crippen LogP) is 18.2. The summed E-state index contributed by atoms with van der Waals surface area (Å²) in [6.45, 7) is 5.16. The molecule has 0 heterocycles. The fraction of sp³-hybridized carbons (Fsp3) is 0.672. The van der Waals surface area contributed by atoms with E-state index in [9.17, 15) is 14.3 Å². The lowest BCUT2D eigenvalue weighted by Gasteiger charge is -2.28. The number of allylic oxidation sites excluding steroid dienone is 20. The van der Waals surface area contributed by atoms with Gasteiger partial charge in [-0.2, -0.15) is 0 Å². The highest BCUT2D eigenvalue weighted by molar-refractivity contribution is 7.45. The zero-order valence-electron chi connectivity index (χ0n) is 47.5. The van der Waals surface area contributed by atoms with E-state index in [-0.39, 0.29) is 25.8 Å². The van der Waals surface area contributed by atoms with E-state index in [1.165, 1.54) is 96.3 Å².